The van der Waals surface area contributed by atoms with Gasteiger partial charge >= 0.3 is 5.97 Å². The standard InChI is InChI=1S/C15H16N2O3/c1-9(2)17-8-12(11-6-4-10(3)5-7-11)14(18)13(16-17)15(19)20/h4-9H,1-3H3,(H,19,20). The maximum atomic E-state index is 12.2. The summed E-state index contributed by atoms with van der Waals surface area (Å²) in [7, 11) is 0. The Morgan fingerprint density at radius 2 is 1.85 bits per heavy atom. The van der Waals surface area contributed by atoms with Gasteiger partial charge in [-0.2, -0.15) is 5.10 Å². The largest absolute Gasteiger partial charge is 0.476 e. The van der Waals surface area contributed by atoms with Crippen LogP contribution in [0.15, 0.2) is 35.3 Å². The molecule has 0 saturated heterocycles. The average Bonchev–Trinajstić information content (AvgIpc) is 2.39. The van der Waals surface area contributed by atoms with Gasteiger partial charge < -0.3 is 5.11 Å². The minimum Gasteiger partial charge on any atom is -0.476 e. The number of aryl methyl sites for hydroxylation is 1. The molecule has 1 aromatic carbocycles. The lowest BCUT2D eigenvalue weighted by atomic mass is 10.1. The number of hydrogen-bond acceptors (Lipinski definition) is 3. The molecular weight excluding hydrogens is 256 g/mol. The van der Waals surface area contributed by atoms with Crippen LogP contribution in [0.3, 0.4) is 0 Å². The van der Waals surface area contributed by atoms with Crippen LogP contribution < -0.4 is 5.43 Å². The van der Waals surface area contributed by atoms with E-state index in [4.69, 9.17) is 5.11 Å². The van der Waals surface area contributed by atoms with Gasteiger partial charge in [0.25, 0.3) is 0 Å². The van der Waals surface area contributed by atoms with Crippen LogP contribution in [0.25, 0.3) is 11.1 Å². The molecule has 0 aliphatic heterocycles. The first-order valence-electron chi connectivity index (χ1n) is 6.34. The van der Waals surface area contributed by atoms with Crippen molar-refractivity contribution in [1.82, 2.24) is 9.78 Å². The summed E-state index contributed by atoms with van der Waals surface area (Å²) in [4.78, 5) is 23.4. The molecule has 1 heterocycles. The molecule has 5 nitrogen and oxygen atoms in total. The van der Waals surface area contributed by atoms with Crippen LogP contribution in [0.4, 0.5) is 0 Å². The molecule has 5 heteroatoms. The SMILES string of the molecule is Cc1ccc(-c2cn(C(C)C)nc(C(=O)O)c2=O)cc1. The average molecular weight is 272 g/mol. The van der Waals surface area contributed by atoms with Gasteiger partial charge in [-0.1, -0.05) is 29.8 Å². The Morgan fingerprint density at radius 3 is 2.35 bits per heavy atom. The van der Waals surface area contributed by atoms with E-state index in [0.29, 0.717) is 11.1 Å². The molecule has 0 radical (unpaired) electrons. The molecule has 1 aromatic heterocycles. The highest BCUT2D eigenvalue weighted by molar-refractivity contribution is 5.86. The smallest absolute Gasteiger partial charge is 0.360 e. The minimum absolute atomic E-state index is 0.0297. The Balaban J connectivity index is 2.71. The van der Waals surface area contributed by atoms with Crippen molar-refractivity contribution in [2.75, 3.05) is 0 Å². The Labute approximate surface area is 116 Å². The Bertz CT molecular complexity index is 700. The van der Waals surface area contributed by atoms with Crippen LogP contribution in [-0.2, 0) is 0 Å². The van der Waals surface area contributed by atoms with Gasteiger partial charge in [0.05, 0.1) is 0 Å². The van der Waals surface area contributed by atoms with Crippen molar-refractivity contribution in [2.24, 2.45) is 0 Å². The summed E-state index contributed by atoms with van der Waals surface area (Å²) in [6, 6.07) is 7.35. The second-order valence-electron chi connectivity index (χ2n) is 4.97. The van der Waals surface area contributed by atoms with Gasteiger partial charge in [-0.3, -0.25) is 9.48 Å². The maximum Gasteiger partial charge on any atom is 0.360 e. The fourth-order valence-corrected chi connectivity index (χ4v) is 1.85. The zero-order valence-electron chi connectivity index (χ0n) is 11.6. The van der Waals surface area contributed by atoms with Crippen LogP contribution in [-0.4, -0.2) is 20.9 Å². The van der Waals surface area contributed by atoms with E-state index in [1.54, 1.807) is 6.20 Å². The number of carboxylic acids is 1. The number of rotatable bonds is 3. The van der Waals surface area contributed by atoms with Gasteiger partial charge in [-0.15, -0.1) is 0 Å². The lowest BCUT2D eigenvalue weighted by Gasteiger charge is -2.12. The summed E-state index contributed by atoms with van der Waals surface area (Å²) in [6.45, 7) is 5.70. The van der Waals surface area contributed by atoms with Gasteiger partial charge in [-0.25, -0.2) is 4.79 Å². The molecular formula is C15H16N2O3. The fraction of sp³-hybridized carbons (Fsp3) is 0.267. The highest BCUT2D eigenvalue weighted by Gasteiger charge is 2.17. The normalized spacial score (nSPS) is 10.8. The molecule has 1 N–H and O–H groups in total. The quantitative estimate of drug-likeness (QED) is 0.931. The van der Waals surface area contributed by atoms with Crippen LogP contribution in [0.2, 0.25) is 0 Å². The number of carbonyl (C=O) groups is 1. The summed E-state index contributed by atoms with van der Waals surface area (Å²) < 4.78 is 1.50. The number of aromatic nitrogens is 2. The molecule has 0 fully saturated rings. The van der Waals surface area contributed by atoms with E-state index < -0.39 is 17.1 Å². The van der Waals surface area contributed by atoms with Crippen LogP contribution in [0.1, 0.15) is 35.9 Å². The van der Waals surface area contributed by atoms with E-state index in [9.17, 15) is 9.59 Å². The van der Waals surface area contributed by atoms with Crippen molar-refractivity contribution in [3.05, 3.63) is 51.9 Å². The summed E-state index contributed by atoms with van der Waals surface area (Å²) in [5.41, 5.74) is 1.12. The van der Waals surface area contributed by atoms with Crippen LogP contribution in [0, 0.1) is 6.92 Å². The Morgan fingerprint density at radius 1 is 1.25 bits per heavy atom. The number of aromatic carboxylic acids is 1. The molecule has 2 aromatic rings. The zero-order chi connectivity index (χ0) is 14.9. The molecule has 20 heavy (non-hydrogen) atoms. The van der Waals surface area contributed by atoms with Crippen molar-refractivity contribution in [1.29, 1.82) is 0 Å². The topological polar surface area (TPSA) is 72.2 Å². The molecule has 104 valence electrons. The van der Waals surface area contributed by atoms with E-state index in [-0.39, 0.29) is 6.04 Å². The molecule has 0 saturated carbocycles. The molecule has 2 rings (SSSR count). The number of nitrogens with zero attached hydrogens (tertiary/aromatic N) is 2. The van der Waals surface area contributed by atoms with Gasteiger partial charge in [0.1, 0.15) is 0 Å². The monoisotopic (exact) mass is 272 g/mol. The van der Waals surface area contributed by atoms with Crippen molar-refractivity contribution in [3.63, 3.8) is 0 Å². The number of hydrogen-bond donors (Lipinski definition) is 1. The predicted octanol–water partition coefficient (Wildman–Crippen LogP) is 2.50. The third-order valence-corrected chi connectivity index (χ3v) is 3.03. The molecule has 0 aliphatic rings. The first kappa shape index (κ1) is 14.0. The Kier molecular flexibility index (Phi) is 3.70. The summed E-state index contributed by atoms with van der Waals surface area (Å²) >= 11 is 0. The molecule has 0 amide bonds. The second-order valence-corrected chi connectivity index (χ2v) is 4.97. The van der Waals surface area contributed by atoms with Crippen molar-refractivity contribution >= 4 is 5.97 Å². The lowest BCUT2D eigenvalue weighted by molar-refractivity contribution is 0.0685. The maximum absolute atomic E-state index is 12.2. The Hall–Kier alpha value is -2.43. The second kappa shape index (κ2) is 5.28. The first-order chi connectivity index (χ1) is 9.40. The van der Waals surface area contributed by atoms with Gasteiger partial charge in [-0.05, 0) is 26.3 Å². The molecule has 0 aliphatic carbocycles. The van der Waals surface area contributed by atoms with Gasteiger partial charge in [0.15, 0.2) is 0 Å². The van der Waals surface area contributed by atoms with E-state index in [0.717, 1.165) is 5.56 Å². The molecule has 0 atom stereocenters. The van der Waals surface area contributed by atoms with E-state index in [1.807, 2.05) is 45.0 Å². The number of benzene rings is 1. The highest BCUT2D eigenvalue weighted by atomic mass is 16.4. The summed E-state index contributed by atoms with van der Waals surface area (Å²) in [5, 5.41) is 13.0. The molecule has 0 spiro atoms. The van der Waals surface area contributed by atoms with Crippen LogP contribution in [0.5, 0.6) is 0 Å². The fourth-order valence-electron chi connectivity index (χ4n) is 1.85. The first-order valence-corrected chi connectivity index (χ1v) is 6.34. The van der Waals surface area contributed by atoms with E-state index in [1.165, 1.54) is 4.68 Å². The third kappa shape index (κ3) is 2.61. The number of carboxylic acid groups (broad SMARTS) is 1. The van der Waals surface area contributed by atoms with E-state index in [2.05, 4.69) is 5.10 Å². The minimum atomic E-state index is -1.31. The third-order valence-electron chi connectivity index (χ3n) is 3.03. The van der Waals surface area contributed by atoms with Crippen molar-refractivity contribution in [3.8, 4) is 11.1 Å². The summed E-state index contributed by atoms with van der Waals surface area (Å²) in [6.07, 6.45) is 1.60. The van der Waals surface area contributed by atoms with Crippen LogP contribution >= 0.6 is 0 Å². The van der Waals surface area contributed by atoms with Crippen molar-refractivity contribution in [2.45, 2.75) is 26.8 Å². The van der Waals surface area contributed by atoms with E-state index >= 15 is 0 Å². The zero-order valence-corrected chi connectivity index (χ0v) is 11.6. The van der Waals surface area contributed by atoms with Crippen molar-refractivity contribution < 1.29 is 9.90 Å². The van der Waals surface area contributed by atoms with Gasteiger partial charge in [0.2, 0.25) is 11.1 Å². The molecule has 0 unspecified atom stereocenters. The summed E-state index contributed by atoms with van der Waals surface area (Å²) in [5.74, 6) is -1.31. The molecule has 0 bridgehead atoms. The predicted molar refractivity (Wildman–Crippen MR) is 76.0 cm³/mol. The lowest BCUT2D eigenvalue weighted by Crippen LogP contribution is -2.24. The highest BCUT2D eigenvalue weighted by Crippen LogP contribution is 2.17. The van der Waals surface area contributed by atoms with Gasteiger partial charge in [0, 0.05) is 17.8 Å².